The zero-order chi connectivity index (χ0) is 12.0. The van der Waals surface area contributed by atoms with Gasteiger partial charge in [-0.05, 0) is 18.6 Å². The molecule has 0 heterocycles. The van der Waals surface area contributed by atoms with E-state index < -0.39 is 5.97 Å². The van der Waals surface area contributed by atoms with E-state index in [4.69, 9.17) is 33.0 Å². The molecule has 86 valence electrons. The van der Waals surface area contributed by atoms with Gasteiger partial charge in [0.1, 0.15) is 10.8 Å². The van der Waals surface area contributed by atoms with Crippen molar-refractivity contribution >= 4 is 29.2 Å². The number of carbonyl (C=O) groups is 1. The van der Waals surface area contributed by atoms with Crippen LogP contribution < -0.4 is 4.74 Å². The first kappa shape index (κ1) is 12.9. The monoisotopic (exact) mass is 260 g/mol. The zero-order valence-corrected chi connectivity index (χ0v) is 9.83. The third-order valence-corrected chi connectivity index (χ3v) is 2.52. The molecule has 0 aromatic heterocycles. The molecule has 1 N–H and O–H groups in total. The van der Waals surface area contributed by atoms with E-state index >= 15 is 0 Å². The number of benzene rings is 1. The van der Waals surface area contributed by atoms with Gasteiger partial charge in [-0.15, -0.1) is 0 Å². The van der Waals surface area contributed by atoms with Crippen molar-refractivity contribution < 1.29 is 14.6 Å². The topological polar surface area (TPSA) is 46.5 Å². The third kappa shape index (κ3) is 4.13. The van der Waals surface area contributed by atoms with Gasteiger partial charge in [-0.3, -0.25) is 0 Å². The maximum atomic E-state index is 10.2. The lowest BCUT2D eigenvalue weighted by Gasteiger charge is -2.06. The minimum absolute atomic E-state index is 0.351. The molecule has 0 saturated carbocycles. The molecule has 0 fully saturated rings. The van der Waals surface area contributed by atoms with Crippen LogP contribution in [0.25, 0.3) is 0 Å². The Labute approximate surface area is 103 Å². The van der Waals surface area contributed by atoms with Crippen LogP contribution in [0.2, 0.25) is 10.0 Å². The first-order chi connectivity index (χ1) is 7.61. The number of ether oxygens (including phenoxy) is 1. The molecule has 1 rings (SSSR count). The average Bonchev–Trinajstić information content (AvgIpc) is 2.23. The van der Waals surface area contributed by atoms with Crippen molar-refractivity contribution in [2.75, 3.05) is 6.61 Å². The minimum Gasteiger partial charge on any atom is -0.492 e. The largest absolute Gasteiger partial charge is 0.492 e. The van der Waals surface area contributed by atoms with Crippen LogP contribution in [-0.2, 0) is 4.79 Å². The van der Waals surface area contributed by atoms with E-state index in [9.17, 15) is 4.79 Å². The molecule has 1 aromatic rings. The van der Waals surface area contributed by atoms with Crippen molar-refractivity contribution in [3.05, 3.63) is 40.4 Å². The van der Waals surface area contributed by atoms with Gasteiger partial charge in [0.25, 0.3) is 0 Å². The van der Waals surface area contributed by atoms with Crippen molar-refractivity contribution in [1.82, 2.24) is 0 Å². The summed E-state index contributed by atoms with van der Waals surface area (Å²) in [5, 5.41) is 9.14. The molecule has 0 bridgehead atoms. The van der Waals surface area contributed by atoms with Gasteiger partial charge >= 0.3 is 5.97 Å². The summed E-state index contributed by atoms with van der Waals surface area (Å²) >= 11 is 11.7. The van der Waals surface area contributed by atoms with Gasteiger partial charge in [-0.1, -0.05) is 35.3 Å². The lowest BCUT2D eigenvalue weighted by Crippen LogP contribution is -1.97. The van der Waals surface area contributed by atoms with E-state index in [2.05, 4.69) is 0 Å². The van der Waals surface area contributed by atoms with Gasteiger partial charge in [-0.2, -0.15) is 0 Å². The Morgan fingerprint density at radius 2 is 2.19 bits per heavy atom. The normalized spacial score (nSPS) is 10.6. The Hall–Kier alpha value is -1.19. The predicted molar refractivity (Wildman–Crippen MR) is 63.3 cm³/mol. The molecule has 0 aliphatic rings. The van der Waals surface area contributed by atoms with E-state index in [-0.39, 0.29) is 0 Å². The second kappa shape index (κ2) is 6.40. The number of rotatable bonds is 5. The number of hydrogen-bond acceptors (Lipinski definition) is 2. The lowest BCUT2D eigenvalue weighted by atomic mass is 10.3. The second-order valence-corrected chi connectivity index (χ2v) is 3.71. The summed E-state index contributed by atoms with van der Waals surface area (Å²) < 4.78 is 5.34. The van der Waals surface area contributed by atoms with Crippen LogP contribution in [0.15, 0.2) is 30.4 Å². The average molecular weight is 261 g/mol. The molecule has 0 atom stereocenters. The van der Waals surface area contributed by atoms with E-state index in [0.29, 0.717) is 28.8 Å². The molecule has 5 heteroatoms. The van der Waals surface area contributed by atoms with Crippen LogP contribution in [-0.4, -0.2) is 17.7 Å². The summed E-state index contributed by atoms with van der Waals surface area (Å²) in [6.45, 7) is 0.351. The Balaban J connectivity index is 2.43. The summed E-state index contributed by atoms with van der Waals surface area (Å²) in [6, 6.07) is 5.10. The fraction of sp³-hybridized carbons (Fsp3) is 0.182. The summed E-state index contributed by atoms with van der Waals surface area (Å²) in [5.41, 5.74) is 0. The first-order valence-electron chi connectivity index (χ1n) is 4.57. The highest BCUT2D eigenvalue weighted by atomic mass is 35.5. The van der Waals surface area contributed by atoms with Gasteiger partial charge < -0.3 is 9.84 Å². The van der Waals surface area contributed by atoms with E-state index in [1.165, 1.54) is 6.08 Å². The molecule has 0 radical (unpaired) electrons. The fourth-order valence-corrected chi connectivity index (χ4v) is 1.36. The smallest absolute Gasteiger partial charge is 0.327 e. The highest BCUT2D eigenvalue weighted by molar-refractivity contribution is 6.42. The molecule has 0 aliphatic heterocycles. The van der Waals surface area contributed by atoms with Crippen LogP contribution in [0, 0.1) is 0 Å². The number of carboxylic acids is 1. The number of halogens is 2. The van der Waals surface area contributed by atoms with Crippen molar-refractivity contribution in [3.8, 4) is 5.75 Å². The van der Waals surface area contributed by atoms with Gasteiger partial charge in [0.05, 0.1) is 11.6 Å². The van der Waals surface area contributed by atoms with Gasteiger partial charge in [0, 0.05) is 6.08 Å². The molecule has 0 unspecified atom stereocenters. The van der Waals surface area contributed by atoms with Crippen LogP contribution in [0.1, 0.15) is 6.42 Å². The zero-order valence-electron chi connectivity index (χ0n) is 8.32. The summed E-state index contributed by atoms with van der Waals surface area (Å²) in [5.74, 6) is -0.473. The molecular formula is C11H10Cl2O3. The van der Waals surface area contributed by atoms with E-state index in [0.717, 1.165) is 6.08 Å². The highest BCUT2D eigenvalue weighted by Crippen LogP contribution is 2.31. The van der Waals surface area contributed by atoms with E-state index in [1.807, 2.05) is 0 Å². The Morgan fingerprint density at radius 3 is 2.88 bits per heavy atom. The predicted octanol–water partition coefficient (Wildman–Crippen LogP) is 3.40. The van der Waals surface area contributed by atoms with Crippen LogP contribution in [0.5, 0.6) is 5.75 Å². The standard InChI is InChI=1S/C11H10Cl2O3/c12-8-4-3-5-9(11(8)13)16-7-2-1-6-10(14)15/h1,3-6H,2,7H2,(H,14,15)/b6-1+. The number of carboxylic acid groups (broad SMARTS) is 1. The molecule has 0 spiro atoms. The maximum absolute atomic E-state index is 10.2. The number of hydrogen-bond donors (Lipinski definition) is 1. The third-order valence-electron chi connectivity index (χ3n) is 1.72. The molecule has 0 saturated heterocycles. The van der Waals surface area contributed by atoms with Crippen molar-refractivity contribution in [2.45, 2.75) is 6.42 Å². The Bertz CT molecular complexity index is 402. The van der Waals surface area contributed by atoms with Crippen molar-refractivity contribution in [1.29, 1.82) is 0 Å². The minimum atomic E-state index is -0.971. The molecule has 0 aliphatic carbocycles. The highest BCUT2D eigenvalue weighted by Gasteiger charge is 2.04. The summed E-state index contributed by atoms with van der Waals surface area (Å²) in [4.78, 5) is 10.2. The van der Waals surface area contributed by atoms with Gasteiger partial charge in [-0.25, -0.2) is 4.79 Å². The fourth-order valence-electron chi connectivity index (χ4n) is 1.02. The Kier molecular flexibility index (Phi) is 5.15. The summed E-state index contributed by atoms with van der Waals surface area (Å²) in [7, 11) is 0. The summed E-state index contributed by atoms with van der Waals surface area (Å²) in [6.07, 6.45) is 3.08. The second-order valence-electron chi connectivity index (χ2n) is 2.93. The molecule has 16 heavy (non-hydrogen) atoms. The van der Waals surface area contributed by atoms with Gasteiger partial charge in [0.15, 0.2) is 0 Å². The van der Waals surface area contributed by atoms with Crippen molar-refractivity contribution in [3.63, 3.8) is 0 Å². The van der Waals surface area contributed by atoms with Gasteiger partial charge in [0.2, 0.25) is 0 Å². The van der Waals surface area contributed by atoms with Crippen molar-refractivity contribution in [2.24, 2.45) is 0 Å². The van der Waals surface area contributed by atoms with Crippen LogP contribution in [0.3, 0.4) is 0 Å². The van der Waals surface area contributed by atoms with Crippen LogP contribution >= 0.6 is 23.2 Å². The lowest BCUT2D eigenvalue weighted by molar-refractivity contribution is -0.131. The SMILES string of the molecule is O=C(O)/C=C/CCOc1cccc(Cl)c1Cl. The molecule has 3 nitrogen and oxygen atoms in total. The quantitative estimate of drug-likeness (QED) is 0.652. The maximum Gasteiger partial charge on any atom is 0.327 e. The first-order valence-corrected chi connectivity index (χ1v) is 5.33. The molecular weight excluding hydrogens is 251 g/mol. The molecule has 1 aromatic carbocycles. The number of aliphatic carboxylic acids is 1. The van der Waals surface area contributed by atoms with Crippen LogP contribution in [0.4, 0.5) is 0 Å². The Morgan fingerprint density at radius 1 is 1.44 bits per heavy atom. The molecule has 0 amide bonds. The van der Waals surface area contributed by atoms with E-state index in [1.54, 1.807) is 18.2 Å².